The van der Waals surface area contributed by atoms with Gasteiger partial charge in [-0.3, -0.25) is 28.9 Å². The summed E-state index contributed by atoms with van der Waals surface area (Å²) in [7, 11) is 0. The highest BCUT2D eigenvalue weighted by atomic mass is 16.5. The summed E-state index contributed by atoms with van der Waals surface area (Å²) in [4.78, 5) is 64.0. The number of hydrogen-bond donors (Lipinski definition) is 2. The van der Waals surface area contributed by atoms with Gasteiger partial charge in [-0.15, -0.1) is 0 Å². The van der Waals surface area contributed by atoms with E-state index in [9.17, 15) is 24.0 Å². The van der Waals surface area contributed by atoms with Crippen molar-refractivity contribution in [2.75, 3.05) is 10.6 Å². The number of benzene rings is 3. The number of anilines is 2. The molecule has 0 radical (unpaired) electrons. The highest BCUT2D eigenvalue weighted by Gasteiger charge is 2.40. The zero-order chi connectivity index (χ0) is 27.5. The van der Waals surface area contributed by atoms with Gasteiger partial charge in [-0.1, -0.05) is 25.3 Å². The van der Waals surface area contributed by atoms with Gasteiger partial charge in [-0.05, 0) is 73.5 Å². The maximum Gasteiger partial charge on any atom is 0.308 e. The van der Waals surface area contributed by atoms with E-state index in [0.29, 0.717) is 22.5 Å². The van der Waals surface area contributed by atoms with Gasteiger partial charge in [-0.2, -0.15) is 0 Å². The van der Waals surface area contributed by atoms with E-state index in [4.69, 9.17) is 4.74 Å². The largest absolute Gasteiger partial charge is 0.427 e. The molecule has 9 heteroatoms. The molecule has 198 valence electrons. The lowest BCUT2D eigenvalue weighted by molar-refractivity contribution is -0.131. The number of esters is 1. The maximum atomic E-state index is 13.1. The summed E-state index contributed by atoms with van der Waals surface area (Å²) in [6.45, 7) is 1.28. The molecule has 4 amide bonds. The van der Waals surface area contributed by atoms with Crippen molar-refractivity contribution in [2.24, 2.45) is 0 Å². The van der Waals surface area contributed by atoms with Crippen molar-refractivity contribution in [1.29, 1.82) is 0 Å². The van der Waals surface area contributed by atoms with Crippen molar-refractivity contribution < 1.29 is 28.7 Å². The minimum absolute atomic E-state index is 0.0831. The van der Waals surface area contributed by atoms with Crippen LogP contribution < -0.4 is 15.4 Å². The van der Waals surface area contributed by atoms with Crippen LogP contribution in [-0.2, 0) is 4.79 Å². The van der Waals surface area contributed by atoms with Gasteiger partial charge in [0.15, 0.2) is 0 Å². The predicted octanol–water partition coefficient (Wildman–Crippen LogP) is 5.05. The predicted molar refractivity (Wildman–Crippen MR) is 144 cm³/mol. The van der Waals surface area contributed by atoms with Crippen molar-refractivity contribution in [3.8, 4) is 5.75 Å². The summed E-state index contributed by atoms with van der Waals surface area (Å²) < 4.78 is 5.02. The van der Waals surface area contributed by atoms with Crippen LogP contribution in [0.3, 0.4) is 0 Å². The Morgan fingerprint density at radius 3 is 1.95 bits per heavy atom. The Labute approximate surface area is 225 Å². The van der Waals surface area contributed by atoms with Crippen LogP contribution in [0.5, 0.6) is 5.75 Å². The minimum atomic E-state index is -0.480. The average Bonchev–Trinajstić information content (AvgIpc) is 3.19. The molecule has 1 fully saturated rings. The van der Waals surface area contributed by atoms with Crippen molar-refractivity contribution in [3.05, 3.63) is 89.0 Å². The summed E-state index contributed by atoms with van der Waals surface area (Å²) in [6.07, 6.45) is 4.74. The molecule has 3 aromatic rings. The number of carbonyl (C=O) groups excluding carboxylic acids is 5. The van der Waals surface area contributed by atoms with Crippen molar-refractivity contribution >= 4 is 41.0 Å². The van der Waals surface area contributed by atoms with Gasteiger partial charge in [0.1, 0.15) is 5.75 Å². The number of nitrogens with one attached hydrogen (secondary N) is 2. The molecule has 1 aliphatic heterocycles. The highest BCUT2D eigenvalue weighted by Crippen LogP contribution is 2.31. The Bertz CT molecular complexity index is 1470. The Hall–Kier alpha value is -4.79. The molecule has 3 aromatic carbocycles. The SMILES string of the molecule is CC(=O)Oc1cccc(C(=O)Nc2ccc(NC(=O)c3ccc4c(c3)C(=O)N(C3CCCCC3)C4=O)cc2)c1. The number of carbonyl (C=O) groups is 5. The van der Waals surface area contributed by atoms with E-state index < -0.39 is 11.9 Å². The third-order valence-corrected chi connectivity index (χ3v) is 6.88. The fourth-order valence-electron chi connectivity index (χ4n) is 4.98. The number of fused-ring (bicyclic) bond motifs is 1. The Morgan fingerprint density at radius 2 is 1.33 bits per heavy atom. The van der Waals surface area contributed by atoms with Crippen LogP contribution in [0.1, 0.15) is 80.5 Å². The molecule has 1 saturated carbocycles. The molecule has 1 aliphatic carbocycles. The number of rotatable bonds is 6. The normalized spacial score (nSPS) is 15.1. The molecule has 39 heavy (non-hydrogen) atoms. The second kappa shape index (κ2) is 10.9. The van der Waals surface area contributed by atoms with Crippen LogP contribution in [-0.4, -0.2) is 40.5 Å². The highest BCUT2D eigenvalue weighted by molar-refractivity contribution is 6.22. The number of nitrogens with zero attached hydrogens (tertiary/aromatic N) is 1. The summed E-state index contributed by atoms with van der Waals surface area (Å²) in [5.41, 5.74) is 2.17. The molecule has 2 aliphatic rings. The Kier molecular flexibility index (Phi) is 7.23. The fourth-order valence-corrected chi connectivity index (χ4v) is 4.98. The van der Waals surface area contributed by atoms with Crippen LogP contribution >= 0.6 is 0 Å². The third-order valence-electron chi connectivity index (χ3n) is 6.88. The Balaban J connectivity index is 1.23. The topological polar surface area (TPSA) is 122 Å². The lowest BCUT2D eigenvalue weighted by Gasteiger charge is -2.29. The number of hydrogen-bond acceptors (Lipinski definition) is 6. The van der Waals surface area contributed by atoms with E-state index in [1.807, 2.05) is 0 Å². The van der Waals surface area contributed by atoms with Crippen LogP contribution in [0.15, 0.2) is 66.7 Å². The van der Waals surface area contributed by atoms with Gasteiger partial charge in [-0.25, -0.2) is 0 Å². The van der Waals surface area contributed by atoms with E-state index in [-0.39, 0.29) is 40.6 Å². The van der Waals surface area contributed by atoms with E-state index >= 15 is 0 Å². The van der Waals surface area contributed by atoms with Crippen LogP contribution in [0.25, 0.3) is 0 Å². The second-order valence-electron chi connectivity index (χ2n) is 9.64. The molecule has 0 bridgehead atoms. The molecular formula is C30H27N3O6. The van der Waals surface area contributed by atoms with Crippen molar-refractivity contribution in [2.45, 2.75) is 45.1 Å². The summed E-state index contributed by atoms with van der Waals surface area (Å²) >= 11 is 0. The van der Waals surface area contributed by atoms with Crippen LogP contribution in [0, 0.1) is 0 Å². The van der Waals surface area contributed by atoms with Gasteiger partial charge in [0, 0.05) is 35.5 Å². The van der Waals surface area contributed by atoms with Gasteiger partial charge in [0.25, 0.3) is 23.6 Å². The molecule has 0 aromatic heterocycles. The first-order chi connectivity index (χ1) is 18.8. The van der Waals surface area contributed by atoms with E-state index in [1.54, 1.807) is 54.6 Å². The average molecular weight is 526 g/mol. The van der Waals surface area contributed by atoms with Gasteiger partial charge in [0.05, 0.1) is 11.1 Å². The molecule has 0 spiro atoms. The fraction of sp³-hybridized carbons (Fsp3) is 0.233. The number of ether oxygens (including phenoxy) is 1. The van der Waals surface area contributed by atoms with E-state index in [0.717, 1.165) is 32.1 Å². The second-order valence-corrected chi connectivity index (χ2v) is 9.64. The van der Waals surface area contributed by atoms with Crippen molar-refractivity contribution in [1.82, 2.24) is 4.90 Å². The molecule has 5 rings (SSSR count). The van der Waals surface area contributed by atoms with Crippen molar-refractivity contribution in [3.63, 3.8) is 0 Å². The summed E-state index contributed by atoms with van der Waals surface area (Å²) in [6, 6.07) is 17.3. The lowest BCUT2D eigenvalue weighted by Crippen LogP contribution is -2.40. The molecule has 0 unspecified atom stereocenters. The molecule has 9 nitrogen and oxygen atoms in total. The van der Waals surface area contributed by atoms with E-state index in [1.165, 1.54) is 24.0 Å². The zero-order valence-electron chi connectivity index (χ0n) is 21.4. The third kappa shape index (κ3) is 5.57. The van der Waals surface area contributed by atoms with E-state index in [2.05, 4.69) is 10.6 Å². The molecule has 2 N–H and O–H groups in total. The van der Waals surface area contributed by atoms with Crippen LogP contribution in [0.2, 0.25) is 0 Å². The first-order valence-electron chi connectivity index (χ1n) is 12.8. The monoisotopic (exact) mass is 525 g/mol. The summed E-state index contributed by atoms with van der Waals surface area (Å²) in [5, 5.41) is 5.53. The molecule has 0 atom stereocenters. The minimum Gasteiger partial charge on any atom is -0.427 e. The van der Waals surface area contributed by atoms with Gasteiger partial charge in [0.2, 0.25) is 0 Å². The van der Waals surface area contributed by atoms with Gasteiger partial charge >= 0.3 is 5.97 Å². The lowest BCUT2D eigenvalue weighted by atomic mass is 9.94. The summed E-state index contributed by atoms with van der Waals surface area (Å²) in [5.74, 6) is -1.65. The number of imide groups is 1. The standard InChI is InChI=1S/C30H27N3O6/c1-18(34)39-24-9-5-6-19(16-24)27(35)31-21-11-13-22(14-12-21)32-28(36)20-10-15-25-26(17-20)30(38)33(29(25)37)23-7-3-2-4-8-23/h5-6,9-17,23H,2-4,7-8H2,1H3,(H,31,35)(H,32,36). The van der Waals surface area contributed by atoms with Crippen LogP contribution in [0.4, 0.5) is 11.4 Å². The smallest absolute Gasteiger partial charge is 0.308 e. The first kappa shape index (κ1) is 25.8. The molecule has 0 saturated heterocycles. The quantitative estimate of drug-likeness (QED) is 0.264. The van der Waals surface area contributed by atoms with Gasteiger partial charge < -0.3 is 15.4 Å². The zero-order valence-corrected chi connectivity index (χ0v) is 21.4. The first-order valence-corrected chi connectivity index (χ1v) is 12.8. The number of amides is 4. The molecule has 1 heterocycles. The Morgan fingerprint density at radius 1 is 0.744 bits per heavy atom. The molecular weight excluding hydrogens is 498 g/mol. The maximum absolute atomic E-state index is 13.1.